The third-order valence-corrected chi connectivity index (χ3v) is 6.03. The Morgan fingerprint density at radius 2 is 1.60 bits per heavy atom. The van der Waals surface area contributed by atoms with E-state index in [1.165, 1.54) is 16.7 Å². The molecule has 0 saturated carbocycles. The Morgan fingerprint density at radius 1 is 1.00 bits per heavy atom. The highest BCUT2D eigenvalue weighted by Gasteiger charge is 2.55. The Balaban J connectivity index is 1.56. The van der Waals surface area contributed by atoms with Gasteiger partial charge < -0.3 is 5.11 Å². The van der Waals surface area contributed by atoms with Gasteiger partial charge in [0.1, 0.15) is 5.70 Å². The number of thioether (sulfide) groups is 1. The number of aliphatic carboxylic acids is 1. The van der Waals surface area contributed by atoms with Crippen molar-refractivity contribution >= 4 is 23.6 Å². The summed E-state index contributed by atoms with van der Waals surface area (Å²) < 4.78 is 0. The van der Waals surface area contributed by atoms with Gasteiger partial charge in [-0.2, -0.15) is 0 Å². The molecule has 25 heavy (non-hydrogen) atoms. The zero-order chi connectivity index (χ0) is 17.4. The van der Waals surface area contributed by atoms with Crippen LogP contribution in [0.15, 0.2) is 71.3 Å². The van der Waals surface area contributed by atoms with E-state index in [0.29, 0.717) is 12.8 Å². The van der Waals surface area contributed by atoms with E-state index in [-0.39, 0.29) is 22.9 Å². The Kier molecular flexibility index (Phi) is 4.09. The minimum Gasteiger partial charge on any atom is -0.477 e. The van der Waals surface area contributed by atoms with Crippen molar-refractivity contribution in [1.29, 1.82) is 0 Å². The molecule has 4 nitrogen and oxygen atoms in total. The average Bonchev–Trinajstić information content (AvgIpc) is 2.97. The van der Waals surface area contributed by atoms with Crippen molar-refractivity contribution < 1.29 is 14.7 Å². The maximum Gasteiger partial charge on any atom is 0.353 e. The lowest BCUT2D eigenvalue weighted by Gasteiger charge is -2.42. The summed E-state index contributed by atoms with van der Waals surface area (Å²) in [5, 5.41) is 9.51. The molecule has 1 saturated heterocycles. The lowest BCUT2D eigenvalue weighted by Crippen LogP contribution is -2.57. The van der Waals surface area contributed by atoms with Gasteiger partial charge in [-0.15, -0.1) is 11.8 Å². The standard InChI is InChI=1S/C20H17NO3S/c22-18-15(11-13-7-3-1-4-8-13)19-21(18)17(20(23)24)16(25-19)12-14-9-5-2-6-10-14/h1-10,15,19H,11-12H2,(H,23,24)/t15-,19+/m0/s1. The van der Waals surface area contributed by atoms with Crippen LogP contribution in [-0.2, 0) is 22.4 Å². The van der Waals surface area contributed by atoms with E-state index in [0.717, 1.165) is 16.0 Å². The molecule has 0 spiro atoms. The minimum absolute atomic E-state index is 0.0817. The first-order valence-electron chi connectivity index (χ1n) is 8.19. The number of benzene rings is 2. The predicted molar refractivity (Wildman–Crippen MR) is 96.7 cm³/mol. The van der Waals surface area contributed by atoms with Gasteiger partial charge in [-0.25, -0.2) is 4.79 Å². The van der Waals surface area contributed by atoms with Crippen LogP contribution < -0.4 is 0 Å². The number of hydrogen-bond donors (Lipinski definition) is 1. The fourth-order valence-corrected chi connectivity index (χ4v) is 4.95. The Bertz CT molecular complexity index is 848. The summed E-state index contributed by atoms with van der Waals surface area (Å²) in [7, 11) is 0. The van der Waals surface area contributed by atoms with E-state index < -0.39 is 5.97 Å². The molecule has 2 aromatic rings. The quantitative estimate of drug-likeness (QED) is 0.840. The smallest absolute Gasteiger partial charge is 0.353 e. The van der Waals surface area contributed by atoms with Crippen LogP contribution in [0.4, 0.5) is 0 Å². The number of nitrogens with zero attached hydrogens (tertiary/aromatic N) is 1. The van der Waals surface area contributed by atoms with Crippen LogP contribution in [-0.4, -0.2) is 27.3 Å². The van der Waals surface area contributed by atoms with Crippen LogP contribution in [0, 0.1) is 5.92 Å². The van der Waals surface area contributed by atoms with Crippen LogP contribution in [0.3, 0.4) is 0 Å². The molecule has 0 bridgehead atoms. The number of allylic oxidation sites excluding steroid dienone is 1. The largest absolute Gasteiger partial charge is 0.477 e. The van der Waals surface area contributed by atoms with Gasteiger partial charge in [0.2, 0.25) is 5.91 Å². The highest BCUT2D eigenvalue weighted by molar-refractivity contribution is 8.04. The number of carbonyl (C=O) groups excluding carboxylic acids is 1. The van der Waals surface area contributed by atoms with E-state index in [2.05, 4.69) is 0 Å². The van der Waals surface area contributed by atoms with Crippen molar-refractivity contribution in [3.05, 3.63) is 82.4 Å². The summed E-state index contributed by atoms with van der Waals surface area (Å²) >= 11 is 1.53. The van der Waals surface area contributed by atoms with Gasteiger partial charge in [0.15, 0.2) is 0 Å². The lowest BCUT2D eigenvalue weighted by molar-refractivity contribution is -0.151. The first kappa shape index (κ1) is 16.0. The number of carbonyl (C=O) groups is 2. The molecule has 2 atom stereocenters. The molecule has 4 rings (SSSR count). The maximum atomic E-state index is 12.6. The number of β-lactam (4-membered cyclic amide) rings is 1. The van der Waals surface area contributed by atoms with Crippen molar-refractivity contribution in [3.63, 3.8) is 0 Å². The Hall–Kier alpha value is -2.53. The third-order valence-electron chi connectivity index (χ3n) is 4.63. The summed E-state index contributed by atoms with van der Waals surface area (Å²) in [4.78, 5) is 26.6. The van der Waals surface area contributed by atoms with Gasteiger partial charge >= 0.3 is 5.97 Å². The third kappa shape index (κ3) is 2.85. The van der Waals surface area contributed by atoms with E-state index in [1.807, 2.05) is 60.7 Å². The number of amides is 1. The van der Waals surface area contributed by atoms with Gasteiger partial charge in [0, 0.05) is 11.3 Å². The molecule has 126 valence electrons. The molecule has 0 aliphatic carbocycles. The van der Waals surface area contributed by atoms with Crippen LogP contribution in [0.1, 0.15) is 11.1 Å². The van der Waals surface area contributed by atoms with Gasteiger partial charge in [-0.05, 0) is 17.5 Å². The molecule has 5 heteroatoms. The van der Waals surface area contributed by atoms with Crippen molar-refractivity contribution in [2.24, 2.45) is 5.92 Å². The van der Waals surface area contributed by atoms with Crippen LogP contribution in [0.25, 0.3) is 0 Å². The summed E-state index contributed by atoms with van der Waals surface area (Å²) in [6, 6.07) is 19.6. The molecule has 2 aromatic carbocycles. The van der Waals surface area contributed by atoms with Gasteiger partial charge in [0.25, 0.3) is 0 Å². The fraction of sp³-hybridized carbons (Fsp3) is 0.200. The molecule has 1 fully saturated rings. The molecule has 0 aromatic heterocycles. The van der Waals surface area contributed by atoms with Crippen LogP contribution in [0.5, 0.6) is 0 Å². The molecule has 1 amide bonds. The SMILES string of the molecule is O=C(O)C1=C(Cc2ccccc2)S[C@@H]2[C@@H](Cc3ccccc3)C(=O)N12. The zero-order valence-corrected chi connectivity index (χ0v) is 14.3. The topological polar surface area (TPSA) is 57.6 Å². The summed E-state index contributed by atoms with van der Waals surface area (Å²) in [6.07, 6.45) is 1.20. The average molecular weight is 351 g/mol. The number of hydrogen-bond acceptors (Lipinski definition) is 3. The second-order valence-electron chi connectivity index (χ2n) is 6.25. The number of rotatable bonds is 5. The maximum absolute atomic E-state index is 12.6. The molecule has 2 aliphatic rings. The monoisotopic (exact) mass is 351 g/mol. The molecular formula is C20H17NO3S. The number of carboxylic acids is 1. The number of carboxylic acid groups (broad SMARTS) is 1. The zero-order valence-electron chi connectivity index (χ0n) is 13.5. The summed E-state index contributed by atoms with van der Waals surface area (Å²) in [6.45, 7) is 0. The van der Waals surface area contributed by atoms with E-state index >= 15 is 0 Å². The van der Waals surface area contributed by atoms with Gasteiger partial charge in [-0.1, -0.05) is 60.7 Å². The Morgan fingerprint density at radius 3 is 2.20 bits per heavy atom. The van der Waals surface area contributed by atoms with Gasteiger partial charge in [0.05, 0.1) is 11.3 Å². The molecule has 2 aliphatic heterocycles. The molecule has 0 radical (unpaired) electrons. The molecule has 1 N–H and O–H groups in total. The number of fused-ring (bicyclic) bond motifs is 1. The van der Waals surface area contributed by atoms with Crippen LogP contribution >= 0.6 is 11.8 Å². The second-order valence-corrected chi connectivity index (χ2v) is 7.46. The lowest BCUT2D eigenvalue weighted by atomic mass is 9.90. The van der Waals surface area contributed by atoms with Gasteiger partial charge in [-0.3, -0.25) is 9.69 Å². The highest BCUT2D eigenvalue weighted by Crippen LogP contribution is 2.50. The van der Waals surface area contributed by atoms with Crippen molar-refractivity contribution in [3.8, 4) is 0 Å². The molecule has 0 unspecified atom stereocenters. The van der Waals surface area contributed by atoms with Crippen molar-refractivity contribution in [2.45, 2.75) is 18.2 Å². The second kappa shape index (κ2) is 6.41. The first-order chi connectivity index (χ1) is 12.1. The van der Waals surface area contributed by atoms with E-state index in [4.69, 9.17) is 0 Å². The predicted octanol–water partition coefficient (Wildman–Crippen LogP) is 3.30. The molecular weight excluding hydrogens is 334 g/mol. The molecule has 2 heterocycles. The minimum atomic E-state index is -1.02. The summed E-state index contributed by atoms with van der Waals surface area (Å²) in [5.74, 6) is -1.26. The highest BCUT2D eigenvalue weighted by atomic mass is 32.2. The van der Waals surface area contributed by atoms with E-state index in [9.17, 15) is 14.7 Å². The van der Waals surface area contributed by atoms with Crippen LogP contribution in [0.2, 0.25) is 0 Å². The van der Waals surface area contributed by atoms with Crippen molar-refractivity contribution in [1.82, 2.24) is 4.90 Å². The normalized spacial score (nSPS) is 21.9. The fourth-order valence-electron chi connectivity index (χ4n) is 3.42. The summed E-state index contributed by atoms with van der Waals surface area (Å²) in [5.41, 5.74) is 2.32. The van der Waals surface area contributed by atoms with E-state index in [1.54, 1.807) is 0 Å². The van der Waals surface area contributed by atoms with Crippen molar-refractivity contribution in [2.75, 3.05) is 0 Å². The first-order valence-corrected chi connectivity index (χ1v) is 9.07. The Labute approximate surface area is 150 Å².